The van der Waals surface area contributed by atoms with E-state index in [-0.39, 0.29) is 17.0 Å². The Labute approximate surface area is 201 Å². The number of methoxy groups -OCH3 is 1. The molecular formula is C27H22N2O6. The van der Waals surface area contributed by atoms with Crippen LogP contribution in [0.2, 0.25) is 0 Å². The number of aliphatic carboxylic acids is 1. The maximum absolute atomic E-state index is 11.6. The topological polar surface area (TPSA) is 112 Å². The smallest absolute Gasteiger partial charge is 0.308 e. The summed E-state index contributed by atoms with van der Waals surface area (Å²) >= 11 is 0. The van der Waals surface area contributed by atoms with Gasteiger partial charge in [0.2, 0.25) is 0 Å². The monoisotopic (exact) mass is 470 g/mol. The van der Waals surface area contributed by atoms with Crippen molar-refractivity contribution in [3.63, 3.8) is 0 Å². The molecule has 0 aliphatic heterocycles. The number of ether oxygens (including phenoxy) is 2. The molecule has 0 atom stereocenters. The normalized spacial score (nSPS) is 11.0. The number of fused-ring (bicyclic) bond motifs is 1. The molecule has 4 aromatic rings. The highest BCUT2D eigenvalue weighted by atomic mass is 16.6. The van der Waals surface area contributed by atoms with E-state index in [1.807, 2.05) is 60.7 Å². The molecule has 8 heteroatoms. The van der Waals surface area contributed by atoms with E-state index in [4.69, 9.17) is 19.6 Å². The Morgan fingerprint density at radius 2 is 1.83 bits per heavy atom. The lowest BCUT2D eigenvalue weighted by molar-refractivity contribution is -0.385. The predicted molar refractivity (Wildman–Crippen MR) is 132 cm³/mol. The molecule has 0 amide bonds. The molecule has 0 aliphatic carbocycles. The molecule has 35 heavy (non-hydrogen) atoms. The van der Waals surface area contributed by atoms with Gasteiger partial charge in [-0.3, -0.25) is 14.9 Å². The molecule has 3 aromatic carbocycles. The van der Waals surface area contributed by atoms with E-state index in [2.05, 4.69) is 0 Å². The van der Waals surface area contributed by atoms with E-state index < -0.39 is 17.3 Å². The zero-order chi connectivity index (χ0) is 24.8. The van der Waals surface area contributed by atoms with E-state index in [1.165, 1.54) is 13.2 Å². The van der Waals surface area contributed by atoms with E-state index in [0.29, 0.717) is 29.1 Å². The van der Waals surface area contributed by atoms with Crippen LogP contribution in [0.15, 0.2) is 72.8 Å². The first-order chi connectivity index (χ1) is 16.9. The molecule has 0 aliphatic rings. The zero-order valence-corrected chi connectivity index (χ0v) is 18.9. The van der Waals surface area contributed by atoms with Gasteiger partial charge in [0.15, 0.2) is 0 Å². The van der Waals surface area contributed by atoms with Crippen molar-refractivity contribution in [2.24, 2.45) is 0 Å². The van der Waals surface area contributed by atoms with E-state index in [0.717, 1.165) is 10.9 Å². The number of carboxylic acids is 1. The zero-order valence-electron chi connectivity index (χ0n) is 18.9. The van der Waals surface area contributed by atoms with Gasteiger partial charge >= 0.3 is 5.97 Å². The summed E-state index contributed by atoms with van der Waals surface area (Å²) in [6.45, 7) is 0.411. The highest BCUT2D eigenvalue weighted by Crippen LogP contribution is 2.32. The fraction of sp³-hybridized carbons (Fsp3) is 0.111. The lowest BCUT2D eigenvalue weighted by atomic mass is 10.0. The number of nitro groups is 1. The van der Waals surface area contributed by atoms with Crippen LogP contribution in [0.4, 0.5) is 5.69 Å². The molecule has 0 spiro atoms. The molecule has 0 bridgehead atoms. The average molecular weight is 470 g/mol. The average Bonchev–Trinajstić information content (AvgIpc) is 2.86. The van der Waals surface area contributed by atoms with Crippen molar-refractivity contribution in [3.8, 4) is 11.5 Å². The summed E-state index contributed by atoms with van der Waals surface area (Å²) in [7, 11) is 1.35. The second-order valence-corrected chi connectivity index (χ2v) is 7.72. The number of carboxylic acid groups (broad SMARTS) is 1. The third kappa shape index (κ3) is 5.62. The van der Waals surface area contributed by atoms with Crippen molar-refractivity contribution in [2.45, 2.75) is 13.0 Å². The van der Waals surface area contributed by atoms with Gasteiger partial charge in [0, 0.05) is 11.5 Å². The number of rotatable bonds is 9. The molecule has 1 heterocycles. The minimum atomic E-state index is -1.18. The third-order valence-electron chi connectivity index (χ3n) is 5.34. The van der Waals surface area contributed by atoms with Gasteiger partial charge in [-0.2, -0.15) is 0 Å². The maximum atomic E-state index is 11.6. The fourth-order valence-corrected chi connectivity index (χ4v) is 3.68. The summed E-state index contributed by atoms with van der Waals surface area (Å²) in [5.41, 5.74) is 2.57. The fourth-order valence-electron chi connectivity index (χ4n) is 3.68. The summed E-state index contributed by atoms with van der Waals surface area (Å²) < 4.78 is 11.2. The molecule has 4 rings (SSSR count). The summed E-state index contributed by atoms with van der Waals surface area (Å²) in [6.07, 6.45) is 2.88. The predicted octanol–water partition coefficient (Wildman–Crippen LogP) is 5.53. The van der Waals surface area contributed by atoms with Crippen LogP contribution >= 0.6 is 0 Å². The number of carbonyl (C=O) groups is 1. The number of nitrogens with zero attached hydrogens (tertiary/aromatic N) is 2. The Kier molecular flexibility index (Phi) is 7.02. The molecule has 1 N–H and O–H groups in total. The number of hydrogen-bond donors (Lipinski definition) is 1. The SMILES string of the molecule is COc1cc(C=Cc2ccc3cccc(OCc4ccccc4)c3n2)cc([N+](=O)[O-])c1CC(=O)O. The van der Waals surface area contributed by atoms with Crippen molar-refractivity contribution in [1.29, 1.82) is 0 Å². The molecule has 0 saturated carbocycles. The highest BCUT2D eigenvalue weighted by Gasteiger charge is 2.22. The van der Waals surface area contributed by atoms with Crippen molar-refractivity contribution >= 4 is 34.7 Å². The van der Waals surface area contributed by atoms with Gasteiger partial charge in [-0.25, -0.2) is 4.98 Å². The Morgan fingerprint density at radius 3 is 2.54 bits per heavy atom. The van der Waals surface area contributed by atoms with Gasteiger partial charge in [-0.15, -0.1) is 0 Å². The molecule has 176 valence electrons. The van der Waals surface area contributed by atoms with E-state index in [9.17, 15) is 14.9 Å². The lowest BCUT2D eigenvalue weighted by Crippen LogP contribution is -2.06. The first kappa shape index (κ1) is 23.4. The molecular weight excluding hydrogens is 448 g/mol. The quantitative estimate of drug-likeness (QED) is 0.253. The van der Waals surface area contributed by atoms with E-state index in [1.54, 1.807) is 18.2 Å². The number of aromatic nitrogens is 1. The second kappa shape index (κ2) is 10.5. The van der Waals surface area contributed by atoms with Crippen molar-refractivity contribution in [3.05, 3.63) is 105 Å². The third-order valence-corrected chi connectivity index (χ3v) is 5.34. The maximum Gasteiger partial charge on any atom is 0.308 e. The Hall–Kier alpha value is -4.72. The molecule has 1 aromatic heterocycles. The van der Waals surface area contributed by atoms with Crippen LogP contribution in [-0.4, -0.2) is 28.1 Å². The summed E-state index contributed by atoms with van der Waals surface area (Å²) in [6, 6.07) is 22.2. The molecule has 0 radical (unpaired) electrons. The van der Waals surface area contributed by atoms with Gasteiger partial charge in [-0.1, -0.05) is 54.6 Å². The summed E-state index contributed by atoms with van der Waals surface area (Å²) in [5.74, 6) is -0.387. The molecule has 0 fully saturated rings. The largest absolute Gasteiger partial charge is 0.496 e. The number of pyridine rings is 1. The van der Waals surface area contributed by atoms with Crippen molar-refractivity contribution in [2.75, 3.05) is 7.11 Å². The second-order valence-electron chi connectivity index (χ2n) is 7.72. The number of benzene rings is 3. The lowest BCUT2D eigenvalue weighted by Gasteiger charge is -2.10. The van der Waals surface area contributed by atoms with Crippen molar-refractivity contribution < 1.29 is 24.3 Å². The number of para-hydroxylation sites is 1. The van der Waals surface area contributed by atoms with Crippen LogP contribution in [0.3, 0.4) is 0 Å². The standard InChI is InChI=1S/C27H22N2O6/c1-34-25-15-19(14-23(29(32)33)22(25)16-26(30)31)10-12-21-13-11-20-8-5-9-24(27(20)28-21)35-17-18-6-3-2-4-7-18/h2-15H,16-17H2,1H3,(H,30,31). The van der Waals surface area contributed by atoms with E-state index >= 15 is 0 Å². The van der Waals surface area contributed by atoms with Crippen LogP contribution in [-0.2, 0) is 17.8 Å². The van der Waals surface area contributed by atoms with Crippen LogP contribution in [0.1, 0.15) is 22.4 Å². The summed E-state index contributed by atoms with van der Waals surface area (Å²) in [5, 5.41) is 21.6. The van der Waals surface area contributed by atoms with Gasteiger partial charge in [0.25, 0.3) is 5.69 Å². The first-order valence-corrected chi connectivity index (χ1v) is 10.8. The Balaban J connectivity index is 1.64. The Morgan fingerprint density at radius 1 is 1.03 bits per heavy atom. The highest BCUT2D eigenvalue weighted by molar-refractivity contribution is 5.86. The minimum Gasteiger partial charge on any atom is -0.496 e. The van der Waals surface area contributed by atoms with Gasteiger partial charge in [0.05, 0.1) is 29.7 Å². The first-order valence-electron chi connectivity index (χ1n) is 10.8. The molecule has 0 saturated heterocycles. The Bertz CT molecular complexity index is 1420. The van der Waals surface area contributed by atoms with Crippen molar-refractivity contribution in [1.82, 2.24) is 4.98 Å². The number of hydrogen-bond acceptors (Lipinski definition) is 6. The van der Waals surface area contributed by atoms with Crippen LogP contribution < -0.4 is 9.47 Å². The van der Waals surface area contributed by atoms with Crippen LogP contribution in [0, 0.1) is 10.1 Å². The molecule has 8 nitrogen and oxygen atoms in total. The van der Waals surface area contributed by atoms with Crippen LogP contribution in [0.25, 0.3) is 23.1 Å². The number of nitro benzene ring substituents is 1. The summed E-state index contributed by atoms with van der Waals surface area (Å²) in [4.78, 5) is 26.8. The van der Waals surface area contributed by atoms with Gasteiger partial charge in [0.1, 0.15) is 23.6 Å². The molecule has 0 unspecified atom stereocenters. The van der Waals surface area contributed by atoms with Crippen LogP contribution in [0.5, 0.6) is 11.5 Å². The van der Waals surface area contributed by atoms with Gasteiger partial charge < -0.3 is 14.6 Å². The minimum absolute atomic E-state index is 0.0196. The van der Waals surface area contributed by atoms with Gasteiger partial charge in [-0.05, 0) is 35.4 Å².